The first-order valence-electron chi connectivity index (χ1n) is 5.75. The predicted molar refractivity (Wildman–Crippen MR) is 79.4 cm³/mol. The van der Waals surface area contributed by atoms with Crippen molar-refractivity contribution in [3.8, 4) is 0 Å². The van der Waals surface area contributed by atoms with Gasteiger partial charge in [-0.05, 0) is 28.9 Å². The molecule has 5 nitrogen and oxygen atoms in total. The number of rotatable bonds is 5. The second kappa shape index (κ2) is 6.63. The van der Waals surface area contributed by atoms with Crippen molar-refractivity contribution in [2.75, 3.05) is 11.9 Å². The minimum absolute atomic E-state index is 0.154. The monoisotopic (exact) mass is 340 g/mol. The lowest BCUT2D eigenvalue weighted by Gasteiger charge is -2.10. The second-order valence-corrected chi connectivity index (χ2v) is 5.62. The zero-order valence-electron chi connectivity index (χ0n) is 10.3. The number of hydrogen-bond donors (Lipinski definition) is 2. The predicted octanol–water partition coefficient (Wildman–Crippen LogP) is 2.66. The molecule has 0 saturated heterocycles. The van der Waals surface area contributed by atoms with Crippen LogP contribution in [0.4, 0.5) is 5.82 Å². The van der Waals surface area contributed by atoms with Gasteiger partial charge in [-0.3, -0.25) is 9.78 Å². The first-order valence-corrected chi connectivity index (χ1v) is 7.43. The van der Waals surface area contributed by atoms with E-state index in [0.717, 1.165) is 9.35 Å². The van der Waals surface area contributed by atoms with E-state index in [1.165, 1.54) is 11.3 Å². The molecule has 0 bridgehead atoms. The van der Waals surface area contributed by atoms with E-state index >= 15 is 0 Å². The Kier molecular flexibility index (Phi) is 4.86. The van der Waals surface area contributed by atoms with E-state index in [4.69, 9.17) is 0 Å². The summed E-state index contributed by atoms with van der Waals surface area (Å²) in [7, 11) is 0. The highest BCUT2D eigenvalue weighted by Gasteiger charge is 2.13. The quantitative estimate of drug-likeness (QED) is 0.877. The van der Waals surface area contributed by atoms with E-state index in [1.807, 2.05) is 6.92 Å². The summed E-state index contributed by atoms with van der Waals surface area (Å²) in [5, 5.41) is 5.93. The number of aromatic nitrogens is 2. The number of nitrogens with zero attached hydrogens (tertiary/aromatic N) is 2. The smallest absolute Gasteiger partial charge is 0.255 e. The largest absolute Gasteiger partial charge is 0.370 e. The molecule has 0 spiro atoms. The highest BCUT2D eigenvalue weighted by Crippen LogP contribution is 2.18. The summed E-state index contributed by atoms with van der Waals surface area (Å²) in [6.07, 6.45) is 3.41. The Labute approximate surface area is 123 Å². The lowest BCUT2D eigenvalue weighted by Crippen LogP contribution is -2.24. The number of carbonyl (C=O) groups excluding carboxylic acids is 1. The lowest BCUT2D eigenvalue weighted by atomic mass is 10.2. The minimum Gasteiger partial charge on any atom is -0.370 e. The fourth-order valence-corrected chi connectivity index (χ4v) is 2.38. The summed E-state index contributed by atoms with van der Waals surface area (Å²) in [6, 6.07) is 1.76. The third-order valence-corrected chi connectivity index (χ3v) is 3.56. The number of pyridine rings is 1. The standard InChI is InChI=1S/C12H13BrN4OS/c1-2-15-11-10(3-8(13)4-16-11)12(18)17-6-9-5-14-7-19-9/h3-5,7H,2,6H2,1H3,(H,15,16)(H,17,18). The molecule has 100 valence electrons. The van der Waals surface area contributed by atoms with E-state index < -0.39 is 0 Å². The molecule has 0 unspecified atom stereocenters. The minimum atomic E-state index is -0.154. The van der Waals surface area contributed by atoms with Crippen LogP contribution in [0.1, 0.15) is 22.2 Å². The number of carbonyl (C=O) groups is 1. The number of amides is 1. The molecule has 0 aliphatic rings. The third-order valence-electron chi connectivity index (χ3n) is 2.35. The summed E-state index contributed by atoms with van der Waals surface area (Å²) in [5.41, 5.74) is 2.27. The van der Waals surface area contributed by atoms with Crippen molar-refractivity contribution in [2.45, 2.75) is 13.5 Å². The first kappa shape index (κ1) is 14.0. The van der Waals surface area contributed by atoms with Crippen molar-refractivity contribution in [1.82, 2.24) is 15.3 Å². The highest BCUT2D eigenvalue weighted by atomic mass is 79.9. The number of hydrogen-bond acceptors (Lipinski definition) is 5. The van der Waals surface area contributed by atoms with Crippen molar-refractivity contribution < 1.29 is 4.79 Å². The van der Waals surface area contributed by atoms with Gasteiger partial charge in [-0.1, -0.05) is 0 Å². The summed E-state index contributed by atoms with van der Waals surface area (Å²) in [6.45, 7) is 3.15. The molecule has 0 aromatic carbocycles. The van der Waals surface area contributed by atoms with Gasteiger partial charge in [-0.15, -0.1) is 11.3 Å². The van der Waals surface area contributed by atoms with Crippen molar-refractivity contribution in [1.29, 1.82) is 0 Å². The maximum absolute atomic E-state index is 12.2. The Bertz CT molecular complexity index is 559. The van der Waals surface area contributed by atoms with Crippen LogP contribution in [-0.2, 0) is 6.54 Å². The number of nitrogens with one attached hydrogen (secondary N) is 2. The van der Waals surface area contributed by atoms with Crippen molar-refractivity contribution in [2.24, 2.45) is 0 Å². The van der Waals surface area contributed by atoms with E-state index in [2.05, 4.69) is 36.5 Å². The molecule has 0 aliphatic carbocycles. The average molecular weight is 341 g/mol. The van der Waals surface area contributed by atoms with Crippen LogP contribution in [0.15, 0.2) is 28.4 Å². The van der Waals surface area contributed by atoms with Gasteiger partial charge in [0.05, 0.1) is 17.6 Å². The van der Waals surface area contributed by atoms with Crippen molar-refractivity contribution >= 4 is 39.0 Å². The topological polar surface area (TPSA) is 66.9 Å². The zero-order valence-corrected chi connectivity index (χ0v) is 12.7. The molecule has 0 aliphatic heterocycles. The normalized spacial score (nSPS) is 10.2. The first-order chi connectivity index (χ1) is 9.20. The summed E-state index contributed by atoms with van der Waals surface area (Å²) in [4.78, 5) is 21.3. The van der Waals surface area contributed by atoms with Gasteiger partial charge < -0.3 is 10.6 Å². The molecule has 0 atom stereocenters. The Morgan fingerprint density at radius 2 is 2.32 bits per heavy atom. The summed E-state index contributed by atoms with van der Waals surface area (Å²) < 4.78 is 0.775. The number of anilines is 1. The molecular weight excluding hydrogens is 328 g/mol. The van der Waals surface area contributed by atoms with Gasteiger partial charge >= 0.3 is 0 Å². The SMILES string of the molecule is CCNc1ncc(Br)cc1C(=O)NCc1cncs1. The van der Waals surface area contributed by atoms with Crippen LogP contribution in [0.2, 0.25) is 0 Å². The molecule has 0 fully saturated rings. The fraction of sp³-hybridized carbons (Fsp3) is 0.250. The number of halogens is 1. The Balaban J connectivity index is 2.11. The second-order valence-electron chi connectivity index (χ2n) is 3.73. The molecule has 1 amide bonds. The van der Waals surface area contributed by atoms with Crippen LogP contribution in [-0.4, -0.2) is 22.4 Å². The molecular formula is C12H13BrN4OS. The van der Waals surface area contributed by atoms with Crippen LogP contribution in [0.25, 0.3) is 0 Å². The Morgan fingerprint density at radius 1 is 1.47 bits per heavy atom. The number of thiazole rings is 1. The van der Waals surface area contributed by atoms with E-state index in [-0.39, 0.29) is 5.91 Å². The van der Waals surface area contributed by atoms with Crippen LogP contribution in [0.3, 0.4) is 0 Å². The van der Waals surface area contributed by atoms with Crippen molar-refractivity contribution in [3.63, 3.8) is 0 Å². The lowest BCUT2D eigenvalue weighted by molar-refractivity contribution is 0.0951. The molecule has 7 heteroatoms. The Hall–Kier alpha value is -1.47. The van der Waals surface area contributed by atoms with E-state index in [0.29, 0.717) is 24.5 Å². The highest BCUT2D eigenvalue weighted by molar-refractivity contribution is 9.10. The van der Waals surface area contributed by atoms with Crippen molar-refractivity contribution in [3.05, 3.63) is 38.9 Å². The fourth-order valence-electron chi connectivity index (χ4n) is 1.51. The van der Waals surface area contributed by atoms with Crippen LogP contribution in [0, 0.1) is 0 Å². The molecule has 2 aromatic rings. The van der Waals surface area contributed by atoms with Gasteiger partial charge in [-0.25, -0.2) is 4.98 Å². The molecule has 2 heterocycles. The van der Waals surface area contributed by atoms with E-state index in [9.17, 15) is 4.79 Å². The third kappa shape index (κ3) is 3.74. The van der Waals surface area contributed by atoms with Gasteiger partial charge in [0.2, 0.25) is 0 Å². The molecule has 19 heavy (non-hydrogen) atoms. The zero-order chi connectivity index (χ0) is 13.7. The molecule has 2 N–H and O–H groups in total. The van der Waals surface area contributed by atoms with Crippen LogP contribution in [0.5, 0.6) is 0 Å². The molecule has 0 radical (unpaired) electrons. The maximum Gasteiger partial charge on any atom is 0.255 e. The summed E-state index contributed by atoms with van der Waals surface area (Å²) >= 11 is 4.84. The average Bonchev–Trinajstić information content (AvgIpc) is 2.91. The maximum atomic E-state index is 12.2. The van der Waals surface area contributed by atoms with E-state index in [1.54, 1.807) is 24.0 Å². The molecule has 2 aromatic heterocycles. The van der Waals surface area contributed by atoms with Gasteiger partial charge in [0, 0.05) is 28.3 Å². The molecule has 0 saturated carbocycles. The van der Waals surface area contributed by atoms with Gasteiger partial charge in [0.25, 0.3) is 5.91 Å². The Morgan fingerprint density at radius 3 is 3.00 bits per heavy atom. The van der Waals surface area contributed by atoms with Gasteiger partial charge in [-0.2, -0.15) is 0 Å². The van der Waals surface area contributed by atoms with Crippen LogP contribution >= 0.6 is 27.3 Å². The van der Waals surface area contributed by atoms with Gasteiger partial charge in [0.1, 0.15) is 5.82 Å². The molecule has 2 rings (SSSR count). The van der Waals surface area contributed by atoms with Crippen LogP contribution < -0.4 is 10.6 Å². The summed E-state index contributed by atoms with van der Waals surface area (Å²) in [5.74, 6) is 0.436. The van der Waals surface area contributed by atoms with Gasteiger partial charge in [0.15, 0.2) is 0 Å².